The van der Waals surface area contributed by atoms with Crippen molar-refractivity contribution in [3.05, 3.63) is 35.9 Å². The number of carboxylic acid groups (broad SMARTS) is 5. The Morgan fingerprint density at radius 3 is 1.45 bits per heavy atom. The highest BCUT2D eigenvalue weighted by molar-refractivity contribution is 6.01. The third-order valence-electron chi connectivity index (χ3n) is 14.5. The number of halogens is 3. The van der Waals surface area contributed by atoms with E-state index in [0.29, 0.717) is 5.56 Å². The SMILES string of the molecule is CC(C)C[C@H](NC(=O)[C@H](C)NC(=O)[C@H](CC(=O)O)NC(=O)[C@@H](N)CC(=O)O)C(=O)N[C@@H](CC(N)=O)C(=O)N[C@@H](C)C(=O)N[C@H](C(=O)N[C@@H](Cc1ccccc1)C(=O)N[C@@H](CC(C)C)C(=O)N1CCC[C@H]1C(=O)N[C@@H](CO)C(=O)N[C@@H](CCC(=O)O)C(=O)NCC(=O)O)[C@@H](C)O.O=C(O)C(F)(F)F. The molecule has 1 fully saturated rings. The number of likely N-dealkylation sites (tertiary alicyclic amines) is 1. The number of carbonyl (C=O) groups is 18. The number of benzene rings is 1. The van der Waals surface area contributed by atoms with Crippen LogP contribution in [0.5, 0.6) is 0 Å². The minimum absolute atomic E-state index is 0.0304. The number of primary amides is 1. The molecule has 0 spiro atoms. The Morgan fingerprint density at radius 1 is 0.520 bits per heavy atom. The molecule has 1 aromatic rings. The maximum absolute atomic E-state index is 14.5. The number of aliphatic carboxylic acids is 5. The molecule has 0 bridgehead atoms. The van der Waals surface area contributed by atoms with Gasteiger partial charge in [-0.1, -0.05) is 58.0 Å². The number of nitrogens with zero attached hydrogens (tertiary/aromatic N) is 1. The monoisotopic (exact) mass is 1460 g/mol. The Labute approximate surface area is 580 Å². The lowest BCUT2D eigenvalue weighted by atomic mass is 10.00. The molecule has 1 aliphatic heterocycles. The lowest BCUT2D eigenvalue weighted by Crippen LogP contribution is -2.62. The van der Waals surface area contributed by atoms with E-state index in [1.807, 2.05) is 10.6 Å². The molecular formula is C60H89F3N14O25. The summed E-state index contributed by atoms with van der Waals surface area (Å²) in [4.78, 5) is 231. The minimum atomic E-state index is -5.08. The second kappa shape index (κ2) is 43.1. The van der Waals surface area contributed by atoms with Crippen LogP contribution in [0, 0.1) is 11.8 Å². The molecule has 39 nitrogen and oxygen atoms in total. The highest BCUT2D eigenvalue weighted by atomic mass is 19.4. The van der Waals surface area contributed by atoms with Gasteiger partial charge in [0, 0.05) is 19.4 Å². The number of carboxylic acids is 5. The fourth-order valence-corrected chi connectivity index (χ4v) is 9.41. The van der Waals surface area contributed by atoms with Crippen LogP contribution in [-0.2, 0) is 92.7 Å². The Kier molecular flexibility index (Phi) is 37.8. The van der Waals surface area contributed by atoms with E-state index in [1.54, 1.807) is 58.0 Å². The van der Waals surface area contributed by atoms with Gasteiger partial charge < -0.3 is 111 Å². The van der Waals surface area contributed by atoms with Crippen LogP contribution < -0.4 is 70.0 Å². The molecule has 13 amide bonds. The first-order valence-corrected chi connectivity index (χ1v) is 31.5. The molecule has 42 heteroatoms. The van der Waals surface area contributed by atoms with Crippen molar-refractivity contribution in [2.45, 2.75) is 197 Å². The number of amides is 13. The summed E-state index contributed by atoms with van der Waals surface area (Å²) in [6.07, 6.45) is -10.9. The number of aliphatic hydroxyl groups excluding tert-OH is 2. The number of nitrogens with one attached hydrogen (secondary N) is 11. The van der Waals surface area contributed by atoms with E-state index in [-0.39, 0.29) is 50.5 Å². The summed E-state index contributed by atoms with van der Waals surface area (Å²) in [5.74, 6) is -23.3. The zero-order valence-electron chi connectivity index (χ0n) is 56.5. The molecule has 0 unspecified atom stereocenters. The summed E-state index contributed by atoms with van der Waals surface area (Å²) < 4.78 is 31.7. The first kappa shape index (κ1) is 89.4. The predicted octanol–water partition coefficient (Wildman–Crippen LogP) is -6.58. The van der Waals surface area contributed by atoms with Gasteiger partial charge in [0.2, 0.25) is 76.8 Å². The van der Waals surface area contributed by atoms with Gasteiger partial charge in [0.25, 0.3) is 0 Å². The van der Waals surface area contributed by atoms with Crippen LogP contribution in [0.25, 0.3) is 0 Å². The lowest BCUT2D eigenvalue weighted by molar-refractivity contribution is -0.192. The van der Waals surface area contributed by atoms with Crippen molar-refractivity contribution in [1.29, 1.82) is 0 Å². The number of alkyl halides is 3. The normalized spacial score (nSPS) is 16.1. The van der Waals surface area contributed by atoms with Gasteiger partial charge >= 0.3 is 36.0 Å². The summed E-state index contributed by atoms with van der Waals surface area (Å²) in [5.41, 5.74) is 11.4. The predicted molar refractivity (Wildman–Crippen MR) is 341 cm³/mol. The van der Waals surface area contributed by atoms with Crippen molar-refractivity contribution in [1.82, 2.24) is 63.4 Å². The van der Waals surface area contributed by atoms with Crippen LogP contribution in [0.15, 0.2) is 30.3 Å². The first-order chi connectivity index (χ1) is 47.3. The summed E-state index contributed by atoms with van der Waals surface area (Å²) in [6, 6.07) is -11.4. The van der Waals surface area contributed by atoms with Gasteiger partial charge in [0.1, 0.15) is 73.0 Å². The smallest absolute Gasteiger partial charge is 0.481 e. The van der Waals surface area contributed by atoms with Crippen LogP contribution in [-0.4, -0.2) is 252 Å². The van der Waals surface area contributed by atoms with Crippen molar-refractivity contribution < 1.29 is 135 Å². The topological polar surface area (TPSA) is 636 Å². The van der Waals surface area contributed by atoms with Crippen molar-refractivity contribution in [2.24, 2.45) is 23.3 Å². The second-order valence-corrected chi connectivity index (χ2v) is 24.3. The van der Waals surface area contributed by atoms with Gasteiger partial charge in [-0.3, -0.25) is 81.5 Å². The molecule has 1 aliphatic rings. The van der Waals surface area contributed by atoms with E-state index in [1.165, 1.54) is 0 Å². The van der Waals surface area contributed by atoms with E-state index in [2.05, 4.69) is 47.9 Å². The molecule has 570 valence electrons. The number of rotatable bonds is 41. The maximum Gasteiger partial charge on any atom is 0.490 e. The molecule has 0 saturated carbocycles. The van der Waals surface area contributed by atoms with Gasteiger partial charge in [-0.25, -0.2) is 4.79 Å². The molecule has 2 rings (SSSR count). The van der Waals surface area contributed by atoms with Gasteiger partial charge in [-0.2, -0.15) is 13.2 Å². The van der Waals surface area contributed by atoms with Gasteiger partial charge in [-0.15, -0.1) is 0 Å². The van der Waals surface area contributed by atoms with Crippen LogP contribution >= 0.6 is 0 Å². The Morgan fingerprint density at radius 2 is 0.971 bits per heavy atom. The molecule has 1 aromatic carbocycles. The van der Waals surface area contributed by atoms with Crippen molar-refractivity contribution in [3.63, 3.8) is 0 Å². The Balaban J connectivity index is 0.00000703. The Hall–Kier alpha value is -10.6. The van der Waals surface area contributed by atoms with E-state index >= 15 is 0 Å². The van der Waals surface area contributed by atoms with E-state index in [9.17, 15) is 115 Å². The number of nitrogens with two attached hydrogens (primary N) is 2. The second-order valence-electron chi connectivity index (χ2n) is 24.3. The minimum Gasteiger partial charge on any atom is -0.481 e. The molecule has 0 radical (unpaired) electrons. The highest BCUT2D eigenvalue weighted by Gasteiger charge is 2.42. The highest BCUT2D eigenvalue weighted by Crippen LogP contribution is 2.22. The summed E-state index contributed by atoms with van der Waals surface area (Å²) >= 11 is 0. The molecule has 1 saturated heterocycles. The van der Waals surface area contributed by atoms with Crippen LogP contribution in [0.1, 0.15) is 112 Å². The maximum atomic E-state index is 14.5. The average Bonchev–Trinajstić information content (AvgIpc) is 1.60. The zero-order chi connectivity index (χ0) is 78.2. The third kappa shape index (κ3) is 33.0. The summed E-state index contributed by atoms with van der Waals surface area (Å²) in [6.45, 7) is 8.12. The van der Waals surface area contributed by atoms with Gasteiger partial charge in [0.05, 0.1) is 38.0 Å². The quantitative estimate of drug-likeness (QED) is 0.0290. The van der Waals surface area contributed by atoms with Gasteiger partial charge in [0.15, 0.2) is 0 Å². The largest absolute Gasteiger partial charge is 0.490 e. The Bertz CT molecular complexity index is 3180. The van der Waals surface area contributed by atoms with Crippen LogP contribution in [0.2, 0.25) is 0 Å². The number of hydrogen-bond acceptors (Lipinski definition) is 21. The average molecular weight is 1460 g/mol. The van der Waals surface area contributed by atoms with Crippen molar-refractivity contribution in [3.8, 4) is 0 Å². The number of carbonyl (C=O) groups excluding carboxylic acids is 13. The van der Waals surface area contributed by atoms with Crippen LogP contribution in [0.3, 0.4) is 0 Å². The number of aliphatic hydroxyl groups is 2. The third-order valence-corrected chi connectivity index (χ3v) is 14.5. The van der Waals surface area contributed by atoms with Crippen molar-refractivity contribution >= 4 is 107 Å². The standard InChI is InChI=1S/C58H88N14O23.C2HF3O2/c1-26(2)18-34(65-47(84)28(5)62-52(89)37(23-44(80)81)66-49(86)32(59)21-43(78)79)53(90)67-36(22-41(60)75)51(88)63-29(6)48(85)71-46(30(7)74)57(94)68-35(20-31-12-9-8-10-13-31)54(91)69-38(19-27(3)4)58(95)72-17-11-14-40(72)56(93)70-39(25-73)55(92)64-33(15-16-42(76)77)50(87)61-24-45(82)83;3-2(4,5)1(6)7/h8-10,12-13,26-30,32-40,46,73-74H,11,14-25,59H2,1-7H3,(H2,60,75)(H,61,87)(H,62,89)(H,63,88)(H,64,92)(H,65,84)(H,66,86)(H,67,90)(H,68,94)(H,69,91)(H,70,93)(H,71,85)(H,76,77)(H,78,79)(H,80,81)(H,82,83);(H,6,7)/t28-,29-,30+,32-,33-,34-,35-,36-,37-,38-,39-,40-,46-;/m0./s1. The number of hydrogen-bond donors (Lipinski definition) is 20. The first-order valence-electron chi connectivity index (χ1n) is 31.5. The lowest BCUT2D eigenvalue weighted by Gasteiger charge is -2.31. The summed E-state index contributed by atoms with van der Waals surface area (Å²) in [7, 11) is 0. The van der Waals surface area contributed by atoms with E-state index < -0.39 is 237 Å². The molecular weight excluding hydrogens is 1370 g/mol. The zero-order valence-corrected chi connectivity index (χ0v) is 56.5. The fraction of sp³-hybridized carbons (Fsp3) is 0.600. The van der Waals surface area contributed by atoms with E-state index in [4.69, 9.17) is 31.6 Å². The fourth-order valence-electron chi connectivity index (χ4n) is 9.41. The molecule has 1 heterocycles. The molecule has 0 aromatic heterocycles. The molecule has 22 N–H and O–H groups in total. The van der Waals surface area contributed by atoms with E-state index in [0.717, 1.165) is 25.7 Å². The molecule has 13 atom stereocenters. The van der Waals surface area contributed by atoms with Crippen molar-refractivity contribution in [2.75, 3.05) is 19.7 Å². The van der Waals surface area contributed by atoms with Crippen LogP contribution in [0.4, 0.5) is 13.2 Å². The summed E-state index contributed by atoms with van der Waals surface area (Å²) in [5, 5.41) is 89.8. The van der Waals surface area contributed by atoms with Gasteiger partial charge in [-0.05, 0) is 70.3 Å². The molecule has 0 aliphatic carbocycles. The molecule has 102 heavy (non-hydrogen) atoms.